The van der Waals surface area contributed by atoms with Crippen LogP contribution in [0.3, 0.4) is 0 Å². The molecule has 1 aliphatic heterocycles. The van der Waals surface area contributed by atoms with Gasteiger partial charge >= 0.3 is 0 Å². The van der Waals surface area contributed by atoms with Gasteiger partial charge in [0.1, 0.15) is 5.01 Å². The predicted molar refractivity (Wildman–Crippen MR) is 43.8 cm³/mol. The first kappa shape index (κ1) is 8.66. The van der Waals surface area contributed by atoms with Crippen molar-refractivity contribution < 1.29 is 4.74 Å². The van der Waals surface area contributed by atoms with Gasteiger partial charge in [0.05, 0.1) is 6.10 Å². The second kappa shape index (κ2) is 3.64. The number of rotatable bonds is 0. The van der Waals surface area contributed by atoms with Crippen LogP contribution in [0.4, 0.5) is 0 Å². The van der Waals surface area contributed by atoms with Gasteiger partial charge in [-0.25, -0.2) is 0 Å². The largest absolute Gasteiger partial charge is 0.364 e. The minimum Gasteiger partial charge on any atom is -0.364 e. The highest BCUT2D eigenvalue weighted by molar-refractivity contribution is 9.09. The van der Waals surface area contributed by atoms with Crippen molar-refractivity contribution in [2.45, 2.75) is 30.9 Å². The summed E-state index contributed by atoms with van der Waals surface area (Å²) in [4.78, 5) is 0. The zero-order chi connectivity index (χ0) is 5.28. The number of hydrogen-bond donors (Lipinski definition) is 0. The average Bonchev–Trinajstić information content (AvgIpc) is 1.87. The van der Waals surface area contributed by atoms with Gasteiger partial charge in [-0.2, -0.15) is 0 Å². The van der Waals surface area contributed by atoms with E-state index >= 15 is 0 Å². The lowest BCUT2D eigenvalue weighted by Crippen LogP contribution is -1.98. The van der Waals surface area contributed by atoms with E-state index in [1.165, 1.54) is 12.8 Å². The van der Waals surface area contributed by atoms with Crippen molar-refractivity contribution >= 4 is 26.9 Å². The van der Waals surface area contributed by atoms with Crippen molar-refractivity contribution in [3.8, 4) is 0 Å². The molecule has 0 saturated carbocycles. The molecule has 1 nitrogen and oxygen atoms in total. The van der Waals surface area contributed by atoms with E-state index in [1.54, 1.807) is 0 Å². The molecule has 0 aliphatic carbocycles. The summed E-state index contributed by atoms with van der Waals surface area (Å²) in [5.41, 5.74) is 0. The molecule has 0 bridgehead atoms. The topological polar surface area (TPSA) is 9.23 Å². The van der Waals surface area contributed by atoms with Gasteiger partial charge < -0.3 is 4.74 Å². The molecule has 8 heavy (non-hydrogen) atoms. The minimum absolute atomic E-state index is 0. The summed E-state index contributed by atoms with van der Waals surface area (Å²) in [6, 6.07) is 0. The van der Waals surface area contributed by atoms with Crippen LogP contribution in [-0.4, -0.2) is 22.1 Å². The average molecular weight is 197 g/mol. The van der Waals surface area contributed by atoms with E-state index in [0.717, 1.165) is 0 Å². The van der Waals surface area contributed by atoms with Crippen molar-refractivity contribution in [1.29, 1.82) is 0 Å². The lowest BCUT2D eigenvalue weighted by atomic mass is 10.3. The number of alkyl halides is 1. The Morgan fingerprint density at radius 1 is 1.50 bits per heavy atom. The highest BCUT2D eigenvalue weighted by atomic mass is 79.9. The molecule has 50 valence electrons. The molecule has 1 heterocycles. The fourth-order valence-corrected chi connectivity index (χ4v) is 1.39. The molecule has 0 aromatic heterocycles. The monoisotopic (exact) mass is 196 g/mol. The summed E-state index contributed by atoms with van der Waals surface area (Å²) in [6.07, 6.45) is 2.85. The van der Waals surface area contributed by atoms with Crippen molar-refractivity contribution in [3.05, 3.63) is 0 Å². The molecule has 0 aromatic rings. The predicted octanol–water partition coefficient (Wildman–Crippen LogP) is 0.455. The lowest BCUT2D eigenvalue weighted by molar-refractivity contribution is 0.109. The Labute approximate surface area is 62.9 Å². The molecular weight excluding hydrogens is 184 g/mol. The first-order chi connectivity index (χ1) is 3.29. The molecule has 0 amide bonds. The van der Waals surface area contributed by atoms with Gasteiger partial charge in [-0.3, -0.25) is 0 Å². The van der Waals surface area contributed by atoms with Crippen LogP contribution in [0.15, 0.2) is 0 Å². The summed E-state index contributed by atoms with van der Waals surface area (Å²) in [6.45, 7) is 2.10. The maximum atomic E-state index is 5.28. The van der Waals surface area contributed by atoms with Crippen LogP contribution in [0.5, 0.6) is 0 Å². The SMILES string of the molecule is CC1CCC(Br)O1.[SiH4]. The molecule has 1 rings (SSSR count). The van der Waals surface area contributed by atoms with Crippen LogP contribution in [0, 0.1) is 0 Å². The van der Waals surface area contributed by atoms with Crippen LogP contribution in [0.25, 0.3) is 0 Å². The smallest absolute Gasteiger partial charge is 0.112 e. The van der Waals surface area contributed by atoms with Gasteiger partial charge in [-0.15, -0.1) is 0 Å². The summed E-state index contributed by atoms with van der Waals surface area (Å²) in [7, 11) is 0. The summed E-state index contributed by atoms with van der Waals surface area (Å²) in [5, 5.41) is 0.336. The Morgan fingerprint density at radius 3 is 2.25 bits per heavy atom. The van der Waals surface area contributed by atoms with Crippen LogP contribution in [0.2, 0.25) is 0 Å². The molecule has 1 saturated heterocycles. The van der Waals surface area contributed by atoms with E-state index in [-0.39, 0.29) is 11.0 Å². The van der Waals surface area contributed by atoms with Crippen LogP contribution >= 0.6 is 15.9 Å². The molecule has 1 aliphatic rings. The first-order valence-corrected chi connectivity index (χ1v) is 3.50. The van der Waals surface area contributed by atoms with Crippen molar-refractivity contribution in [1.82, 2.24) is 0 Å². The second-order valence-corrected chi connectivity index (χ2v) is 2.96. The lowest BCUT2D eigenvalue weighted by Gasteiger charge is -1.99. The summed E-state index contributed by atoms with van der Waals surface area (Å²) in [5.74, 6) is 0. The maximum absolute atomic E-state index is 5.28. The Kier molecular flexibility index (Phi) is 3.94. The van der Waals surface area contributed by atoms with Gasteiger partial charge in [0, 0.05) is 0 Å². The third-order valence-corrected chi connectivity index (χ3v) is 1.85. The molecule has 0 aromatic carbocycles. The highest BCUT2D eigenvalue weighted by Gasteiger charge is 2.17. The van der Waals surface area contributed by atoms with Crippen molar-refractivity contribution in [3.63, 3.8) is 0 Å². The van der Waals surface area contributed by atoms with Gasteiger partial charge in [-0.1, -0.05) is 15.9 Å². The minimum atomic E-state index is 0. The Hall–Kier alpha value is 0.657. The van der Waals surface area contributed by atoms with E-state index in [1.807, 2.05) is 0 Å². The molecule has 1 fully saturated rings. The Morgan fingerprint density at radius 2 is 2.12 bits per heavy atom. The van der Waals surface area contributed by atoms with Crippen LogP contribution in [-0.2, 0) is 4.74 Å². The molecule has 3 heteroatoms. The van der Waals surface area contributed by atoms with E-state index in [0.29, 0.717) is 11.1 Å². The summed E-state index contributed by atoms with van der Waals surface area (Å²) < 4.78 is 5.28. The number of halogens is 1. The zero-order valence-electron chi connectivity index (χ0n) is 4.36. The molecule has 2 atom stereocenters. The second-order valence-electron chi connectivity index (χ2n) is 1.93. The first-order valence-electron chi connectivity index (χ1n) is 2.58. The van der Waals surface area contributed by atoms with Crippen molar-refractivity contribution in [2.75, 3.05) is 0 Å². The Bertz CT molecular complexity index is 61.4. The molecule has 0 radical (unpaired) electrons. The maximum Gasteiger partial charge on any atom is 0.112 e. The highest BCUT2D eigenvalue weighted by Crippen LogP contribution is 2.22. The van der Waals surface area contributed by atoms with E-state index in [4.69, 9.17) is 4.74 Å². The third-order valence-electron chi connectivity index (χ3n) is 1.18. The molecule has 0 N–H and O–H groups in total. The summed E-state index contributed by atoms with van der Waals surface area (Å²) >= 11 is 3.36. The van der Waals surface area contributed by atoms with Crippen molar-refractivity contribution in [2.24, 2.45) is 0 Å². The van der Waals surface area contributed by atoms with Gasteiger partial charge in [0.15, 0.2) is 0 Å². The normalized spacial score (nSPS) is 36.8. The third kappa shape index (κ3) is 2.28. The van der Waals surface area contributed by atoms with E-state index in [2.05, 4.69) is 22.9 Å². The standard InChI is InChI=1S/C5H9BrO.H4Si/c1-4-2-3-5(6)7-4;/h4-5H,2-3H2,1H3;1H4. The number of hydrogen-bond acceptors (Lipinski definition) is 1. The van der Waals surface area contributed by atoms with Gasteiger partial charge in [0.25, 0.3) is 0 Å². The quantitative estimate of drug-likeness (QED) is 0.405. The van der Waals surface area contributed by atoms with E-state index < -0.39 is 0 Å². The fourth-order valence-electron chi connectivity index (χ4n) is 0.754. The molecule has 2 unspecified atom stereocenters. The number of ether oxygens (including phenoxy) is 1. The van der Waals surface area contributed by atoms with Gasteiger partial charge in [0.2, 0.25) is 0 Å². The zero-order valence-corrected chi connectivity index (χ0v) is 5.94. The Balaban J connectivity index is 0.000000490. The van der Waals surface area contributed by atoms with E-state index in [9.17, 15) is 0 Å². The molecular formula is C5H13BrOSi. The van der Waals surface area contributed by atoms with Gasteiger partial charge in [-0.05, 0) is 30.7 Å². The molecule has 0 spiro atoms. The fraction of sp³-hybridized carbons (Fsp3) is 1.00. The van der Waals surface area contributed by atoms with Crippen LogP contribution < -0.4 is 0 Å². The van der Waals surface area contributed by atoms with Crippen LogP contribution in [0.1, 0.15) is 19.8 Å².